The predicted octanol–water partition coefficient (Wildman–Crippen LogP) is 5.43. The van der Waals surface area contributed by atoms with Crippen LogP contribution >= 0.6 is 0 Å². The molecule has 1 aliphatic carbocycles. The van der Waals surface area contributed by atoms with Gasteiger partial charge in [-0.25, -0.2) is 13.5 Å². The Hall–Kier alpha value is -2.79. The van der Waals surface area contributed by atoms with Crippen molar-refractivity contribution in [2.24, 2.45) is 5.41 Å². The third-order valence-electron chi connectivity index (χ3n) is 6.70. The number of hydrogen-bond donors (Lipinski definition) is 0. The van der Waals surface area contributed by atoms with Crippen LogP contribution in [0.25, 0.3) is 11.8 Å². The van der Waals surface area contributed by atoms with Crippen molar-refractivity contribution in [3.8, 4) is 5.69 Å². The molecule has 0 amide bonds. The molecule has 5 rings (SSSR count). The van der Waals surface area contributed by atoms with Gasteiger partial charge in [0.1, 0.15) is 11.6 Å². The number of fused-ring (bicyclic) bond motifs is 2. The maximum Gasteiger partial charge on any atom is 0.123 e. The number of aromatic nitrogens is 2. The molecule has 0 N–H and O–H groups in total. The van der Waals surface area contributed by atoms with Crippen LogP contribution in [0.5, 0.6) is 0 Å². The summed E-state index contributed by atoms with van der Waals surface area (Å²) in [7, 11) is 0. The monoisotopic (exact) mass is 419 g/mol. The van der Waals surface area contributed by atoms with Crippen molar-refractivity contribution in [3.63, 3.8) is 0 Å². The van der Waals surface area contributed by atoms with Gasteiger partial charge in [0.15, 0.2) is 0 Å². The largest absolute Gasteiger partial charge is 0.302 e. The Kier molecular flexibility index (Phi) is 5.22. The van der Waals surface area contributed by atoms with E-state index in [1.807, 2.05) is 23.0 Å². The van der Waals surface area contributed by atoms with Crippen molar-refractivity contribution in [2.45, 2.75) is 32.6 Å². The second kappa shape index (κ2) is 8.04. The summed E-state index contributed by atoms with van der Waals surface area (Å²) in [6, 6.07) is 13.4. The molecular formula is C26H27F2N3. The lowest BCUT2D eigenvalue weighted by Crippen LogP contribution is -2.48. The van der Waals surface area contributed by atoms with Crippen molar-refractivity contribution in [1.82, 2.24) is 14.7 Å². The average Bonchev–Trinajstić information content (AvgIpc) is 3.16. The predicted molar refractivity (Wildman–Crippen MR) is 119 cm³/mol. The maximum absolute atomic E-state index is 13.5. The summed E-state index contributed by atoms with van der Waals surface area (Å²) in [4.78, 5) is 2.57. The van der Waals surface area contributed by atoms with Crippen LogP contribution in [0.15, 0.2) is 60.3 Å². The number of halogens is 2. The van der Waals surface area contributed by atoms with Crippen LogP contribution in [0, 0.1) is 17.0 Å². The molecule has 3 aromatic rings. The molecule has 1 aliphatic heterocycles. The van der Waals surface area contributed by atoms with Crippen molar-refractivity contribution in [3.05, 3.63) is 88.8 Å². The molecule has 0 spiro atoms. The number of hydrogen-bond acceptors (Lipinski definition) is 2. The van der Waals surface area contributed by atoms with Crippen LogP contribution in [0.4, 0.5) is 8.78 Å². The van der Waals surface area contributed by atoms with Gasteiger partial charge < -0.3 is 4.90 Å². The Labute approximate surface area is 182 Å². The number of nitrogens with zero attached hydrogens (tertiary/aromatic N) is 3. The highest BCUT2D eigenvalue weighted by Gasteiger charge is 2.42. The number of benzene rings is 2. The van der Waals surface area contributed by atoms with E-state index >= 15 is 0 Å². The highest BCUT2D eigenvalue weighted by Crippen LogP contribution is 2.46. The normalized spacial score (nSPS) is 20.8. The third-order valence-corrected chi connectivity index (χ3v) is 6.70. The van der Waals surface area contributed by atoms with Gasteiger partial charge >= 0.3 is 0 Å². The highest BCUT2D eigenvalue weighted by molar-refractivity contribution is 5.62. The Bertz CT molecular complexity index is 1100. The first-order valence-electron chi connectivity index (χ1n) is 11.1. The molecule has 1 aromatic heterocycles. The van der Waals surface area contributed by atoms with E-state index in [4.69, 9.17) is 0 Å². The summed E-state index contributed by atoms with van der Waals surface area (Å²) in [6.07, 6.45) is 8.22. The van der Waals surface area contributed by atoms with Crippen LogP contribution in [0.1, 0.15) is 36.6 Å². The average molecular weight is 420 g/mol. The standard InChI is InChI=1S/C26H27F2N3/c1-2-12-30-13-11-21-14-25-20(17-29-31(25)24-9-7-23(28)8-10-24)16-26(21,18-30)15-19-3-5-22(27)6-4-19/h3-10,14,17H,2,11-13,15-16,18H2,1H3. The molecule has 2 aliphatic rings. The van der Waals surface area contributed by atoms with Crippen LogP contribution < -0.4 is 0 Å². The van der Waals surface area contributed by atoms with Gasteiger partial charge in [0.25, 0.3) is 0 Å². The first kappa shape index (κ1) is 20.1. The quantitative estimate of drug-likeness (QED) is 0.550. The highest BCUT2D eigenvalue weighted by atomic mass is 19.1. The van der Waals surface area contributed by atoms with Crippen LogP contribution in [0.3, 0.4) is 0 Å². The fourth-order valence-corrected chi connectivity index (χ4v) is 5.28. The van der Waals surface area contributed by atoms with Gasteiger partial charge in [0.2, 0.25) is 0 Å². The van der Waals surface area contributed by atoms with E-state index in [9.17, 15) is 8.78 Å². The topological polar surface area (TPSA) is 21.1 Å². The lowest BCUT2D eigenvalue weighted by Gasteiger charge is -2.47. The lowest BCUT2D eigenvalue weighted by molar-refractivity contribution is 0.138. The molecule has 160 valence electrons. The molecular weight excluding hydrogens is 392 g/mol. The van der Waals surface area contributed by atoms with Crippen LogP contribution in [0.2, 0.25) is 0 Å². The molecule has 2 heterocycles. The minimum absolute atomic E-state index is 0.00505. The molecule has 1 saturated heterocycles. The van der Waals surface area contributed by atoms with Gasteiger partial charge in [0, 0.05) is 18.5 Å². The number of rotatable bonds is 5. The van der Waals surface area contributed by atoms with Crippen molar-refractivity contribution in [1.29, 1.82) is 0 Å². The number of likely N-dealkylation sites (tertiary alicyclic amines) is 1. The Morgan fingerprint density at radius 1 is 1.00 bits per heavy atom. The van der Waals surface area contributed by atoms with Gasteiger partial charge in [-0.05, 0) is 85.8 Å². The molecule has 5 heteroatoms. The van der Waals surface area contributed by atoms with Gasteiger partial charge in [-0.15, -0.1) is 0 Å². The summed E-state index contributed by atoms with van der Waals surface area (Å²) in [6.45, 7) is 5.39. The minimum Gasteiger partial charge on any atom is -0.302 e. The molecule has 0 bridgehead atoms. The summed E-state index contributed by atoms with van der Waals surface area (Å²) in [5.74, 6) is -0.440. The molecule has 0 saturated carbocycles. The SMILES string of the molecule is CCCN1CCC2=Cc3c(cnn3-c3ccc(F)cc3)CC2(Cc2ccc(F)cc2)C1. The van der Waals surface area contributed by atoms with Gasteiger partial charge in [-0.2, -0.15) is 5.10 Å². The van der Waals surface area contributed by atoms with Crippen molar-refractivity contribution < 1.29 is 8.78 Å². The van der Waals surface area contributed by atoms with E-state index < -0.39 is 0 Å². The first-order valence-corrected chi connectivity index (χ1v) is 11.1. The van der Waals surface area contributed by atoms with Gasteiger partial charge in [-0.3, -0.25) is 0 Å². The molecule has 1 unspecified atom stereocenters. The Morgan fingerprint density at radius 3 is 2.42 bits per heavy atom. The minimum atomic E-state index is -0.246. The second-order valence-corrected chi connectivity index (χ2v) is 8.90. The molecule has 1 fully saturated rings. The molecule has 1 atom stereocenters. The smallest absolute Gasteiger partial charge is 0.123 e. The summed E-state index contributed by atoms with van der Waals surface area (Å²) >= 11 is 0. The molecule has 0 radical (unpaired) electrons. The van der Waals surface area contributed by atoms with Gasteiger partial charge in [-0.1, -0.05) is 24.6 Å². The first-order chi connectivity index (χ1) is 15.1. The Morgan fingerprint density at radius 2 is 1.71 bits per heavy atom. The van der Waals surface area contributed by atoms with Crippen molar-refractivity contribution in [2.75, 3.05) is 19.6 Å². The maximum atomic E-state index is 13.5. The second-order valence-electron chi connectivity index (χ2n) is 8.90. The van der Waals surface area contributed by atoms with E-state index in [0.29, 0.717) is 0 Å². The summed E-state index contributed by atoms with van der Waals surface area (Å²) < 4.78 is 28.8. The zero-order chi connectivity index (χ0) is 21.4. The molecule has 31 heavy (non-hydrogen) atoms. The van der Waals surface area contributed by atoms with Gasteiger partial charge in [0.05, 0.1) is 17.6 Å². The van der Waals surface area contributed by atoms with E-state index in [-0.39, 0.29) is 17.0 Å². The van der Waals surface area contributed by atoms with E-state index in [1.165, 1.54) is 28.8 Å². The lowest BCUT2D eigenvalue weighted by atomic mass is 9.65. The fraction of sp³-hybridized carbons (Fsp3) is 0.346. The molecule has 3 nitrogen and oxygen atoms in total. The Balaban J connectivity index is 1.54. The third kappa shape index (κ3) is 3.83. The van der Waals surface area contributed by atoms with E-state index in [2.05, 4.69) is 23.0 Å². The molecule has 2 aromatic carbocycles. The number of piperidine rings is 1. The van der Waals surface area contributed by atoms with E-state index in [1.54, 1.807) is 24.3 Å². The van der Waals surface area contributed by atoms with Crippen molar-refractivity contribution >= 4 is 6.08 Å². The van der Waals surface area contributed by atoms with Crippen LogP contribution in [-0.2, 0) is 12.8 Å². The van der Waals surface area contributed by atoms with Crippen LogP contribution in [-0.4, -0.2) is 34.3 Å². The summed E-state index contributed by atoms with van der Waals surface area (Å²) in [5.41, 5.74) is 5.79. The van der Waals surface area contributed by atoms with E-state index in [0.717, 1.165) is 56.7 Å². The fourth-order valence-electron chi connectivity index (χ4n) is 5.28. The zero-order valence-corrected chi connectivity index (χ0v) is 17.8. The summed E-state index contributed by atoms with van der Waals surface area (Å²) in [5, 5.41) is 4.65. The zero-order valence-electron chi connectivity index (χ0n) is 17.8.